The van der Waals surface area contributed by atoms with Gasteiger partial charge in [-0.05, 0) is 24.6 Å². The summed E-state index contributed by atoms with van der Waals surface area (Å²) in [6, 6.07) is 0. The van der Waals surface area contributed by atoms with E-state index in [1.807, 2.05) is 5.40 Å². The van der Waals surface area contributed by atoms with Gasteiger partial charge in [-0.25, -0.2) is 0 Å². The maximum absolute atomic E-state index is 8.12. The monoisotopic (exact) mass is 160 g/mol. The highest BCUT2D eigenvalue weighted by Crippen LogP contribution is 2.04. The van der Waals surface area contributed by atoms with Crippen LogP contribution in [0.1, 0.15) is 19.3 Å². The Hall–Kier alpha value is 0.190. The van der Waals surface area contributed by atoms with Crippen molar-refractivity contribution >= 4 is 24.4 Å². The van der Waals surface area contributed by atoms with Crippen LogP contribution in [0.3, 0.4) is 0 Å². The number of hydrogen-bond donors (Lipinski definition) is 0. The molecule has 3 heteroatoms. The molecule has 0 saturated heterocycles. The Bertz CT molecular complexity index is 87.5. The second-order valence-electron chi connectivity index (χ2n) is 1.70. The van der Waals surface area contributed by atoms with Gasteiger partial charge in [-0.1, -0.05) is 19.0 Å². The average Bonchev–Trinajstić information content (AvgIpc) is 1.89. The fraction of sp³-hybridized carbons (Fsp3) is 0.833. The molecule has 0 rings (SSSR count). The van der Waals surface area contributed by atoms with Crippen LogP contribution in [0.4, 0.5) is 0 Å². The predicted molar refractivity (Wildman–Crippen MR) is 44.4 cm³/mol. The molecule has 51 valence electrons. The molecule has 0 aromatic heterocycles. The van der Waals surface area contributed by atoms with Gasteiger partial charge in [0.05, 0.1) is 0 Å². The van der Waals surface area contributed by atoms with Crippen molar-refractivity contribution < 1.29 is 0 Å². The molecule has 0 aliphatic heterocycles. The Morgan fingerprint density at radius 3 is 2.67 bits per heavy atom. The number of rotatable bonds is 5. The van der Waals surface area contributed by atoms with Gasteiger partial charge in [-0.2, -0.15) is 5.26 Å². The van der Waals surface area contributed by atoms with E-state index in [1.165, 1.54) is 18.2 Å². The highest BCUT2D eigenvalue weighted by Gasteiger charge is 1.86. The van der Waals surface area contributed by atoms with Crippen molar-refractivity contribution in [3.8, 4) is 5.40 Å². The molecular weight excluding hydrogens is 150 g/mol. The van der Waals surface area contributed by atoms with Crippen LogP contribution in [0.15, 0.2) is 0 Å². The summed E-state index contributed by atoms with van der Waals surface area (Å²) in [5.74, 6) is 1.82. The molecule has 0 aliphatic rings. The minimum atomic E-state index is 0.858. The standard InChI is InChI=1S/C6H10NS2/c7-6-9-5-3-1-2-4-8/h1-5H2. The molecule has 0 spiro atoms. The summed E-state index contributed by atoms with van der Waals surface area (Å²) >= 11 is 6.09. The molecule has 0 saturated carbocycles. The van der Waals surface area contributed by atoms with Crippen LogP contribution in [0, 0.1) is 10.7 Å². The van der Waals surface area contributed by atoms with Gasteiger partial charge in [0, 0.05) is 11.5 Å². The first-order chi connectivity index (χ1) is 4.41. The van der Waals surface area contributed by atoms with E-state index in [4.69, 9.17) is 17.9 Å². The zero-order chi connectivity index (χ0) is 6.95. The Kier molecular flexibility index (Phi) is 8.36. The third kappa shape index (κ3) is 8.19. The van der Waals surface area contributed by atoms with Crippen LogP contribution in [-0.4, -0.2) is 11.5 Å². The van der Waals surface area contributed by atoms with E-state index in [-0.39, 0.29) is 0 Å². The van der Waals surface area contributed by atoms with Gasteiger partial charge < -0.3 is 0 Å². The lowest BCUT2D eigenvalue weighted by Gasteiger charge is -1.91. The first-order valence-corrected chi connectivity index (χ1v) is 4.57. The Balaban J connectivity index is 2.69. The third-order valence-electron chi connectivity index (χ3n) is 0.955. The number of thioether (sulfide) groups is 1. The van der Waals surface area contributed by atoms with Crippen molar-refractivity contribution in [2.24, 2.45) is 0 Å². The molecule has 0 bridgehead atoms. The third-order valence-corrected chi connectivity index (χ3v) is 1.87. The van der Waals surface area contributed by atoms with Crippen molar-refractivity contribution in [3.63, 3.8) is 0 Å². The summed E-state index contributed by atoms with van der Waals surface area (Å²) in [5, 5.41) is 10.2. The quantitative estimate of drug-likeness (QED) is 0.456. The van der Waals surface area contributed by atoms with Gasteiger partial charge in [-0.3, -0.25) is 0 Å². The number of nitriles is 1. The van der Waals surface area contributed by atoms with Crippen LogP contribution in [0.2, 0.25) is 0 Å². The number of hydrogen-bond acceptors (Lipinski definition) is 2. The van der Waals surface area contributed by atoms with E-state index < -0.39 is 0 Å². The molecule has 0 unspecified atom stereocenters. The molecule has 9 heavy (non-hydrogen) atoms. The van der Waals surface area contributed by atoms with Crippen molar-refractivity contribution in [2.45, 2.75) is 19.3 Å². The lowest BCUT2D eigenvalue weighted by atomic mass is 10.3. The lowest BCUT2D eigenvalue weighted by Crippen LogP contribution is -1.79. The van der Waals surface area contributed by atoms with Crippen LogP contribution < -0.4 is 0 Å². The highest BCUT2D eigenvalue weighted by atomic mass is 32.2. The lowest BCUT2D eigenvalue weighted by molar-refractivity contribution is 0.788. The Morgan fingerprint density at radius 2 is 2.11 bits per heavy atom. The predicted octanol–water partition coefficient (Wildman–Crippen LogP) is 2.57. The van der Waals surface area contributed by atoms with E-state index in [0.29, 0.717) is 0 Å². The zero-order valence-electron chi connectivity index (χ0n) is 5.30. The van der Waals surface area contributed by atoms with Gasteiger partial charge in [0.2, 0.25) is 0 Å². The Morgan fingerprint density at radius 1 is 1.33 bits per heavy atom. The summed E-state index contributed by atoms with van der Waals surface area (Å²) in [7, 11) is 0. The number of thiocyanates is 1. The van der Waals surface area contributed by atoms with Gasteiger partial charge in [0.1, 0.15) is 5.40 Å². The van der Waals surface area contributed by atoms with E-state index in [9.17, 15) is 0 Å². The molecule has 0 amide bonds. The topological polar surface area (TPSA) is 23.8 Å². The van der Waals surface area contributed by atoms with Crippen LogP contribution in [0.25, 0.3) is 0 Å². The molecule has 1 radical (unpaired) electrons. The van der Waals surface area contributed by atoms with E-state index in [1.54, 1.807) is 0 Å². The van der Waals surface area contributed by atoms with Crippen LogP contribution in [0.5, 0.6) is 0 Å². The summed E-state index contributed by atoms with van der Waals surface area (Å²) in [4.78, 5) is 0. The molecular formula is C6H10NS2. The summed E-state index contributed by atoms with van der Waals surface area (Å²) in [6.07, 6.45) is 3.44. The Labute approximate surface area is 66.2 Å². The molecule has 0 fully saturated rings. The smallest absolute Gasteiger partial charge is 0.133 e. The van der Waals surface area contributed by atoms with Crippen molar-refractivity contribution in [2.75, 3.05) is 11.5 Å². The summed E-state index contributed by atoms with van der Waals surface area (Å²) in [5.41, 5.74) is 0. The summed E-state index contributed by atoms with van der Waals surface area (Å²) < 4.78 is 0. The SMILES string of the molecule is N#CSCCCCC[S]. The normalized spacial score (nSPS) is 8.89. The van der Waals surface area contributed by atoms with E-state index >= 15 is 0 Å². The van der Waals surface area contributed by atoms with Crippen LogP contribution >= 0.6 is 24.4 Å². The van der Waals surface area contributed by atoms with E-state index in [2.05, 4.69) is 0 Å². The maximum Gasteiger partial charge on any atom is 0.133 e. The molecule has 0 aromatic carbocycles. The first-order valence-electron chi connectivity index (χ1n) is 3.01. The highest BCUT2D eigenvalue weighted by molar-refractivity contribution is 8.03. The second-order valence-corrected chi connectivity index (χ2v) is 2.99. The zero-order valence-corrected chi connectivity index (χ0v) is 6.93. The van der Waals surface area contributed by atoms with Crippen LogP contribution in [-0.2, 0) is 0 Å². The molecule has 1 nitrogen and oxygen atoms in total. The van der Waals surface area contributed by atoms with E-state index in [0.717, 1.165) is 24.3 Å². The van der Waals surface area contributed by atoms with Crippen molar-refractivity contribution in [1.82, 2.24) is 0 Å². The molecule has 0 aliphatic carbocycles. The fourth-order valence-electron chi connectivity index (χ4n) is 0.499. The van der Waals surface area contributed by atoms with Gasteiger partial charge >= 0.3 is 0 Å². The van der Waals surface area contributed by atoms with Gasteiger partial charge in [0.15, 0.2) is 0 Å². The molecule has 0 aromatic rings. The number of nitrogens with zero attached hydrogens (tertiary/aromatic N) is 1. The van der Waals surface area contributed by atoms with Crippen molar-refractivity contribution in [3.05, 3.63) is 0 Å². The van der Waals surface area contributed by atoms with Gasteiger partial charge in [0.25, 0.3) is 0 Å². The van der Waals surface area contributed by atoms with Gasteiger partial charge in [-0.15, -0.1) is 0 Å². The second kappa shape index (κ2) is 8.19. The molecule has 0 heterocycles. The molecule has 0 atom stereocenters. The maximum atomic E-state index is 8.12. The minimum absolute atomic E-state index is 0.858. The molecule has 0 N–H and O–H groups in total. The largest absolute Gasteiger partial charge is 0.185 e. The van der Waals surface area contributed by atoms with Crippen molar-refractivity contribution in [1.29, 1.82) is 5.26 Å². The summed E-state index contributed by atoms with van der Waals surface area (Å²) in [6.45, 7) is 0. The first kappa shape index (κ1) is 9.19. The average molecular weight is 160 g/mol. The minimum Gasteiger partial charge on any atom is -0.185 e. The number of unbranched alkanes of at least 4 members (excludes halogenated alkanes) is 2. The fourth-order valence-corrected chi connectivity index (χ4v) is 1.14.